The molecular weight excluding hydrogens is 337 g/mol. The SMILES string of the molecule is CCCc1ccc([O][Hg][CH3])cc1. The van der Waals surface area contributed by atoms with E-state index in [1.54, 1.807) is 0 Å². The van der Waals surface area contributed by atoms with Gasteiger partial charge in [-0.1, -0.05) is 0 Å². The van der Waals surface area contributed by atoms with Crippen LogP contribution in [0.25, 0.3) is 0 Å². The molecular formula is C10H14HgO. The summed E-state index contributed by atoms with van der Waals surface area (Å²) in [6.07, 6.45) is 2.39. The van der Waals surface area contributed by atoms with E-state index < -0.39 is 25.0 Å². The number of benzene rings is 1. The summed E-state index contributed by atoms with van der Waals surface area (Å²) >= 11 is -0.939. The van der Waals surface area contributed by atoms with E-state index >= 15 is 0 Å². The third-order valence-corrected chi connectivity index (χ3v) is 4.19. The van der Waals surface area contributed by atoms with Crippen molar-refractivity contribution in [1.82, 2.24) is 0 Å². The molecule has 0 aromatic heterocycles. The third-order valence-electron chi connectivity index (χ3n) is 1.77. The number of aryl methyl sites for hydroxylation is 1. The van der Waals surface area contributed by atoms with Crippen LogP contribution in [0.1, 0.15) is 18.9 Å². The van der Waals surface area contributed by atoms with Crippen molar-refractivity contribution < 1.29 is 27.7 Å². The van der Waals surface area contributed by atoms with Gasteiger partial charge in [-0.2, -0.15) is 0 Å². The fourth-order valence-corrected chi connectivity index (χ4v) is 3.25. The van der Waals surface area contributed by atoms with Gasteiger partial charge in [0.2, 0.25) is 0 Å². The number of hydrogen-bond acceptors (Lipinski definition) is 1. The molecule has 0 spiro atoms. The molecule has 0 atom stereocenters. The number of rotatable bonds is 4. The summed E-state index contributed by atoms with van der Waals surface area (Å²) in [6, 6.07) is 8.52. The van der Waals surface area contributed by atoms with Crippen molar-refractivity contribution in [3.63, 3.8) is 0 Å². The van der Waals surface area contributed by atoms with Crippen LogP contribution in [0.15, 0.2) is 24.3 Å². The van der Waals surface area contributed by atoms with Gasteiger partial charge in [0, 0.05) is 0 Å². The summed E-state index contributed by atoms with van der Waals surface area (Å²) in [5.74, 6) is 1.07. The summed E-state index contributed by atoms with van der Waals surface area (Å²) < 4.78 is 7.78. The van der Waals surface area contributed by atoms with Crippen molar-refractivity contribution in [2.24, 2.45) is 0 Å². The third kappa shape index (κ3) is 3.14. The summed E-state index contributed by atoms with van der Waals surface area (Å²) in [6.45, 7) is 2.20. The molecule has 0 amide bonds. The van der Waals surface area contributed by atoms with Crippen molar-refractivity contribution >= 4 is 0 Å². The van der Waals surface area contributed by atoms with E-state index in [9.17, 15) is 0 Å². The van der Waals surface area contributed by atoms with Crippen LogP contribution in [-0.4, -0.2) is 0 Å². The first-order valence-electron chi connectivity index (χ1n) is 4.58. The van der Waals surface area contributed by atoms with E-state index in [0.717, 1.165) is 5.75 Å². The first kappa shape index (κ1) is 10.0. The summed E-state index contributed by atoms with van der Waals surface area (Å²) in [4.78, 5) is 0. The Kier molecular flexibility index (Phi) is 4.66. The summed E-state index contributed by atoms with van der Waals surface area (Å²) in [7, 11) is 0. The van der Waals surface area contributed by atoms with Gasteiger partial charge in [-0.3, -0.25) is 0 Å². The summed E-state index contributed by atoms with van der Waals surface area (Å²) in [5.41, 5.74) is 1.41. The van der Waals surface area contributed by atoms with Crippen molar-refractivity contribution in [2.45, 2.75) is 24.2 Å². The molecule has 0 unspecified atom stereocenters. The van der Waals surface area contributed by atoms with Crippen molar-refractivity contribution in [2.75, 3.05) is 0 Å². The number of hydrogen-bond donors (Lipinski definition) is 0. The average Bonchev–Trinajstić information content (AvgIpc) is 2.09. The Morgan fingerprint density at radius 3 is 2.42 bits per heavy atom. The minimum absolute atomic E-state index is 0.939. The van der Waals surface area contributed by atoms with Crippen molar-refractivity contribution in [3.05, 3.63) is 29.8 Å². The van der Waals surface area contributed by atoms with Crippen LogP contribution in [-0.2, 0) is 31.5 Å². The second-order valence-electron chi connectivity index (χ2n) is 2.83. The molecule has 0 saturated carbocycles. The molecule has 0 aliphatic carbocycles. The first-order chi connectivity index (χ1) is 5.86. The van der Waals surface area contributed by atoms with Gasteiger partial charge in [-0.05, 0) is 0 Å². The van der Waals surface area contributed by atoms with Crippen molar-refractivity contribution in [1.29, 1.82) is 0 Å². The fourth-order valence-electron chi connectivity index (χ4n) is 1.21. The molecule has 1 aromatic carbocycles. The molecule has 1 rings (SSSR count). The van der Waals surface area contributed by atoms with Crippen LogP contribution in [0.3, 0.4) is 0 Å². The molecule has 0 N–H and O–H groups in total. The molecule has 2 heteroatoms. The molecule has 62 valence electrons. The van der Waals surface area contributed by atoms with Gasteiger partial charge < -0.3 is 0 Å². The van der Waals surface area contributed by atoms with Gasteiger partial charge >= 0.3 is 87.5 Å². The Morgan fingerprint density at radius 2 is 1.92 bits per heavy atom. The zero-order valence-corrected chi connectivity index (χ0v) is 13.3. The monoisotopic (exact) mass is 352 g/mol. The Morgan fingerprint density at radius 1 is 1.25 bits per heavy atom. The molecule has 0 bridgehead atoms. The standard InChI is InChI=1S/C9H12O.CH3.Hg/c1-2-3-8-4-6-9(10)7-5-8;;/h4-7,10H,2-3H2,1H3;1H3;/q;;+1/p-1. The van der Waals surface area contributed by atoms with Crippen LogP contribution in [0, 0.1) is 0 Å². The molecule has 0 saturated heterocycles. The molecule has 0 heterocycles. The van der Waals surface area contributed by atoms with Crippen LogP contribution < -0.4 is 2.64 Å². The first-order valence-corrected chi connectivity index (χ1v) is 12.3. The fraction of sp³-hybridized carbons (Fsp3) is 0.400. The molecule has 0 aliphatic heterocycles. The van der Waals surface area contributed by atoms with Crippen LogP contribution in [0.2, 0.25) is 4.43 Å². The Balaban J connectivity index is 2.58. The Bertz CT molecular complexity index is 193. The van der Waals surface area contributed by atoms with E-state index in [4.69, 9.17) is 2.64 Å². The zero-order valence-electron chi connectivity index (χ0n) is 7.84. The van der Waals surface area contributed by atoms with Gasteiger partial charge in [0.25, 0.3) is 0 Å². The second kappa shape index (κ2) is 5.57. The predicted octanol–water partition coefficient (Wildman–Crippen LogP) is 3.06. The molecule has 1 aromatic rings. The van der Waals surface area contributed by atoms with Gasteiger partial charge in [0.1, 0.15) is 0 Å². The van der Waals surface area contributed by atoms with Crippen LogP contribution >= 0.6 is 0 Å². The van der Waals surface area contributed by atoms with E-state index in [2.05, 4.69) is 35.6 Å². The van der Waals surface area contributed by atoms with E-state index in [1.165, 1.54) is 18.4 Å². The second-order valence-corrected chi connectivity index (χ2v) is 6.19. The average molecular weight is 351 g/mol. The summed E-state index contributed by atoms with van der Waals surface area (Å²) in [5, 5.41) is 0. The maximum atomic E-state index is 5.56. The van der Waals surface area contributed by atoms with Crippen LogP contribution in [0.4, 0.5) is 0 Å². The van der Waals surface area contributed by atoms with Crippen molar-refractivity contribution in [3.8, 4) is 5.75 Å². The Hall–Kier alpha value is -0.0449. The predicted molar refractivity (Wildman–Crippen MR) is 46.9 cm³/mol. The Labute approximate surface area is 87.2 Å². The van der Waals surface area contributed by atoms with E-state index in [0.29, 0.717) is 0 Å². The molecule has 0 radical (unpaired) electrons. The normalized spacial score (nSPS) is 9.17. The molecule has 1 nitrogen and oxygen atoms in total. The minimum atomic E-state index is -0.939. The zero-order chi connectivity index (χ0) is 8.81. The van der Waals surface area contributed by atoms with E-state index in [-0.39, 0.29) is 0 Å². The van der Waals surface area contributed by atoms with Gasteiger partial charge in [0.05, 0.1) is 0 Å². The van der Waals surface area contributed by atoms with Crippen LogP contribution in [0.5, 0.6) is 5.75 Å². The van der Waals surface area contributed by atoms with Gasteiger partial charge in [0.15, 0.2) is 0 Å². The maximum absolute atomic E-state index is 5.56. The van der Waals surface area contributed by atoms with Gasteiger partial charge in [-0.15, -0.1) is 0 Å². The molecule has 0 fully saturated rings. The van der Waals surface area contributed by atoms with E-state index in [1.807, 2.05) is 0 Å². The topological polar surface area (TPSA) is 9.23 Å². The molecule has 12 heavy (non-hydrogen) atoms. The van der Waals surface area contributed by atoms with Gasteiger partial charge in [-0.25, -0.2) is 0 Å². The molecule has 0 aliphatic rings. The quantitative estimate of drug-likeness (QED) is 0.758.